The molecule has 9 nitrogen and oxygen atoms in total. The summed E-state index contributed by atoms with van der Waals surface area (Å²) in [6.07, 6.45) is 4.78. The molecule has 2 unspecified atom stereocenters. The number of aromatic nitrogens is 4. The molecule has 2 aromatic heterocycles. The lowest BCUT2D eigenvalue weighted by atomic mass is 9.94. The van der Waals surface area contributed by atoms with E-state index in [2.05, 4.69) is 25.5 Å². The third-order valence-corrected chi connectivity index (χ3v) is 6.88. The number of nitrogens with zero attached hydrogens (tertiary/aromatic N) is 5. The molecule has 2 N–H and O–H groups in total. The Kier molecular flexibility index (Phi) is 7.89. The lowest BCUT2D eigenvalue weighted by Crippen LogP contribution is -2.42. The van der Waals surface area contributed by atoms with E-state index in [1.165, 1.54) is 12.4 Å². The highest BCUT2D eigenvalue weighted by Gasteiger charge is 2.35. The van der Waals surface area contributed by atoms with Crippen LogP contribution in [0.2, 0.25) is 0 Å². The topological polar surface area (TPSA) is 97.2 Å². The number of amides is 2. The van der Waals surface area contributed by atoms with Crippen molar-refractivity contribution in [1.29, 1.82) is 0 Å². The second-order valence-corrected chi connectivity index (χ2v) is 9.43. The molecule has 0 bridgehead atoms. The number of benzene rings is 2. The van der Waals surface area contributed by atoms with Crippen LogP contribution in [0.15, 0.2) is 67.3 Å². The molecule has 1 fully saturated rings. The Hall–Kier alpha value is -4.22. The Bertz CT molecular complexity index is 1430. The molecule has 1 aliphatic rings. The van der Waals surface area contributed by atoms with Crippen LogP contribution in [0.4, 0.5) is 19.4 Å². The highest BCUT2D eigenvalue weighted by molar-refractivity contribution is 5.91. The first-order chi connectivity index (χ1) is 18.9. The van der Waals surface area contributed by atoms with Gasteiger partial charge in [0.25, 0.3) is 0 Å². The third-order valence-electron chi connectivity index (χ3n) is 6.88. The number of halogens is 2. The largest absolute Gasteiger partial charge is 0.383 e. The van der Waals surface area contributed by atoms with Gasteiger partial charge in [-0.05, 0) is 36.8 Å². The quantitative estimate of drug-likeness (QED) is 0.353. The van der Waals surface area contributed by atoms with Crippen molar-refractivity contribution in [3.8, 4) is 16.9 Å². The average Bonchev–Trinajstić information content (AvgIpc) is 3.50. The molecule has 2 amide bonds. The average molecular weight is 534 g/mol. The normalized spacial score (nSPS) is 17.3. The molecule has 2 atom stereocenters. The van der Waals surface area contributed by atoms with Crippen molar-refractivity contribution >= 4 is 11.8 Å². The van der Waals surface area contributed by atoms with Gasteiger partial charge in [-0.25, -0.2) is 28.2 Å². The second-order valence-electron chi connectivity index (χ2n) is 9.43. The van der Waals surface area contributed by atoms with Crippen molar-refractivity contribution < 1.29 is 18.3 Å². The van der Waals surface area contributed by atoms with E-state index < -0.39 is 17.7 Å². The van der Waals surface area contributed by atoms with Gasteiger partial charge in [0.05, 0.1) is 18.3 Å². The Balaban J connectivity index is 1.42. The first-order valence-corrected chi connectivity index (χ1v) is 12.6. The predicted octanol–water partition coefficient (Wildman–Crippen LogP) is 4.15. The molecule has 0 radical (unpaired) electrons. The van der Waals surface area contributed by atoms with Crippen molar-refractivity contribution in [2.75, 3.05) is 38.7 Å². The van der Waals surface area contributed by atoms with Crippen molar-refractivity contribution in [3.05, 3.63) is 90.0 Å². The number of para-hydroxylation sites is 1. The third kappa shape index (κ3) is 5.79. The zero-order valence-electron chi connectivity index (χ0n) is 21.6. The first kappa shape index (κ1) is 26.4. The minimum Gasteiger partial charge on any atom is -0.383 e. The Morgan fingerprint density at radius 2 is 1.85 bits per heavy atom. The summed E-state index contributed by atoms with van der Waals surface area (Å²) in [7, 11) is 1.63. The van der Waals surface area contributed by atoms with Crippen LogP contribution in [0.3, 0.4) is 0 Å². The highest BCUT2D eigenvalue weighted by atomic mass is 19.2. The van der Waals surface area contributed by atoms with E-state index in [9.17, 15) is 13.6 Å². The number of hydrogen-bond donors (Lipinski definition) is 2. The van der Waals surface area contributed by atoms with E-state index in [4.69, 9.17) is 9.84 Å². The van der Waals surface area contributed by atoms with Gasteiger partial charge < -0.3 is 10.1 Å². The molecule has 39 heavy (non-hydrogen) atoms. The number of carbonyl (C=O) groups is 1. The monoisotopic (exact) mass is 533 g/mol. The van der Waals surface area contributed by atoms with Crippen LogP contribution in [-0.2, 0) is 4.74 Å². The lowest BCUT2D eigenvalue weighted by Gasteiger charge is -2.21. The number of methoxy groups -OCH3 is 1. The molecule has 0 aliphatic carbocycles. The van der Waals surface area contributed by atoms with Crippen LogP contribution in [0.1, 0.15) is 17.0 Å². The summed E-state index contributed by atoms with van der Waals surface area (Å²) in [6, 6.07) is 12.6. The SMILES string of the molecule is COCCN1CC(NC(=O)Nc2c(C)c(-c3cncnc3)nn2-c2ccccc2)C(c2ccc(F)c(F)c2)C1. The van der Waals surface area contributed by atoms with Crippen LogP contribution in [0, 0.1) is 18.6 Å². The minimum atomic E-state index is -0.911. The van der Waals surface area contributed by atoms with Gasteiger partial charge in [-0.1, -0.05) is 24.3 Å². The maximum atomic E-state index is 14.1. The minimum absolute atomic E-state index is 0.236. The standard InChI is InChI=1S/C28H29F2N7O2/c1-18-26(20-13-31-17-32-14-20)35-37(21-6-4-3-5-7-21)27(18)34-28(38)33-25-16-36(10-11-39-2)15-22(25)19-8-9-23(29)24(30)12-19/h3-9,12-14,17,22,25H,10-11,15-16H2,1-2H3,(H2,33,34,38). The van der Waals surface area contributed by atoms with E-state index >= 15 is 0 Å². The molecule has 0 spiro atoms. The summed E-state index contributed by atoms with van der Waals surface area (Å²) in [5.41, 5.74) is 3.49. The molecule has 202 valence electrons. The number of anilines is 1. The van der Waals surface area contributed by atoms with E-state index in [1.54, 1.807) is 30.3 Å². The van der Waals surface area contributed by atoms with Gasteiger partial charge in [0.2, 0.25) is 0 Å². The molecule has 4 aromatic rings. The molecular weight excluding hydrogens is 504 g/mol. The zero-order chi connectivity index (χ0) is 27.4. The Morgan fingerprint density at radius 3 is 2.56 bits per heavy atom. The fraction of sp³-hybridized carbons (Fsp3) is 0.286. The van der Waals surface area contributed by atoms with Gasteiger partial charge in [-0.2, -0.15) is 5.10 Å². The maximum absolute atomic E-state index is 14.1. The molecular formula is C28H29F2N7O2. The summed E-state index contributed by atoms with van der Waals surface area (Å²) >= 11 is 0. The summed E-state index contributed by atoms with van der Waals surface area (Å²) in [5.74, 6) is -1.55. The van der Waals surface area contributed by atoms with E-state index in [1.807, 2.05) is 37.3 Å². The number of carbonyl (C=O) groups excluding carboxylic acids is 1. The molecule has 3 heterocycles. The van der Waals surface area contributed by atoms with Crippen LogP contribution in [0.5, 0.6) is 0 Å². The van der Waals surface area contributed by atoms with E-state index in [-0.39, 0.29) is 12.0 Å². The first-order valence-electron chi connectivity index (χ1n) is 12.6. The van der Waals surface area contributed by atoms with Crippen LogP contribution >= 0.6 is 0 Å². The fourth-order valence-electron chi connectivity index (χ4n) is 4.92. The lowest BCUT2D eigenvalue weighted by molar-refractivity contribution is 0.159. The summed E-state index contributed by atoms with van der Waals surface area (Å²) in [4.78, 5) is 23.7. The van der Waals surface area contributed by atoms with E-state index in [0.29, 0.717) is 43.3 Å². The summed E-state index contributed by atoms with van der Waals surface area (Å²) in [6.45, 7) is 4.14. The van der Waals surface area contributed by atoms with Crippen LogP contribution in [0.25, 0.3) is 16.9 Å². The Morgan fingerprint density at radius 1 is 1.08 bits per heavy atom. The van der Waals surface area contributed by atoms with Gasteiger partial charge in [0.15, 0.2) is 11.6 Å². The van der Waals surface area contributed by atoms with Gasteiger partial charge in [0, 0.05) is 56.2 Å². The summed E-state index contributed by atoms with van der Waals surface area (Å²) in [5, 5.41) is 10.8. The molecule has 0 saturated carbocycles. The Labute approximate surface area is 224 Å². The summed E-state index contributed by atoms with van der Waals surface area (Å²) < 4.78 is 34.6. The zero-order valence-corrected chi connectivity index (χ0v) is 21.6. The molecule has 2 aromatic carbocycles. The number of hydrogen-bond acceptors (Lipinski definition) is 6. The van der Waals surface area contributed by atoms with Crippen molar-refractivity contribution in [3.63, 3.8) is 0 Å². The van der Waals surface area contributed by atoms with Crippen LogP contribution in [-0.4, -0.2) is 70.1 Å². The highest BCUT2D eigenvalue weighted by Crippen LogP contribution is 2.31. The molecule has 1 aliphatic heterocycles. The van der Waals surface area contributed by atoms with Gasteiger partial charge in [-0.3, -0.25) is 10.2 Å². The number of urea groups is 1. The molecule has 5 rings (SSSR count). The number of nitrogens with one attached hydrogen (secondary N) is 2. The van der Waals surface area contributed by atoms with Gasteiger partial charge in [0.1, 0.15) is 17.8 Å². The van der Waals surface area contributed by atoms with Crippen molar-refractivity contribution in [2.45, 2.75) is 18.9 Å². The number of ether oxygens (including phenoxy) is 1. The fourth-order valence-corrected chi connectivity index (χ4v) is 4.92. The maximum Gasteiger partial charge on any atom is 0.320 e. The molecule has 11 heteroatoms. The van der Waals surface area contributed by atoms with Gasteiger partial charge >= 0.3 is 6.03 Å². The molecule has 1 saturated heterocycles. The number of likely N-dealkylation sites (tertiary alicyclic amines) is 1. The second kappa shape index (κ2) is 11.7. The van der Waals surface area contributed by atoms with Crippen molar-refractivity contribution in [1.82, 2.24) is 30.0 Å². The predicted molar refractivity (Wildman–Crippen MR) is 143 cm³/mol. The van der Waals surface area contributed by atoms with Gasteiger partial charge in [-0.15, -0.1) is 0 Å². The number of rotatable bonds is 8. The smallest absolute Gasteiger partial charge is 0.320 e. The van der Waals surface area contributed by atoms with Crippen molar-refractivity contribution in [2.24, 2.45) is 0 Å². The van der Waals surface area contributed by atoms with E-state index in [0.717, 1.165) is 22.9 Å². The van der Waals surface area contributed by atoms with Crippen LogP contribution < -0.4 is 10.6 Å².